The zero-order valence-electron chi connectivity index (χ0n) is 10.7. The van der Waals surface area contributed by atoms with Gasteiger partial charge in [0.15, 0.2) is 0 Å². The Balaban J connectivity index is 2.12. The molecule has 1 aromatic carbocycles. The van der Waals surface area contributed by atoms with Gasteiger partial charge in [-0.1, -0.05) is 28.1 Å². The van der Waals surface area contributed by atoms with E-state index in [0.29, 0.717) is 0 Å². The summed E-state index contributed by atoms with van der Waals surface area (Å²) in [4.78, 5) is 24.7. The lowest BCUT2D eigenvalue weighted by atomic mass is 9.99. The molecule has 1 atom stereocenters. The molecule has 1 fully saturated rings. The molecule has 0 aliphatic heterocycles. The summed E-state index contributed by atoms with van der Waals surface area (Å²) >= 11 is 3.35. The molecule has 0 heterocycles. The molecule has 102 valence electrons. The van der Waals surface area contributed by atoms with Gasteiger partial charge in [-0.15, -0.1) is 0 Å². The maximum Gasteiger partial charge on any atom is 0.323 e. The number of rotatable bonds is 5. The number of nitrogens with zero attached hydrogens (tertiary/aromatic N) is 1. The van der Waals surface area contributed by atoms with Crippen molar-refractivity contribution in [2.45, 2.75) is 31.7 Å². The maximum absolute atomic E-state index is 12.4. The van der Waals surface area contributed by atoms with E-state index >= 15 is 0 Å². The minimum absolute atomic E-state index is 0.104. The third kappa shape index (κ3) is 3.56. The number of aliphatic carboxylic acids is 1. The van der Waals surface area contributed by atoms with Crippen LogP contribution in [0.4, 0.5) is 0 Å². The molecule has 0 bridgehead atoms. The van der Waals surface area contributed by atoms with Crippen molar-refractivity contribution in [2.24, 2.45) is 0 Å². The van der Waals surface area contributed by atoms with Crippen molar-refractivity contribution in [3.8, 4) is 0 Å². The predicted octanol–water partition coefficient (Wildman–Crippen LogP) is 2.63. The fourth-order valence-electron chi connectivity index (χ4n) is 2.06. The number of carbonyl (C=O) groups is 2. The number of hydrogen-bond donors (Lipinski definition) is 1. The molecule has 1 amide bonds. The van der Waals surface area contributed by atoms with Gasteiger partial charge in [0.1, 0.15) is 6.54 Å². The lowest BCUT2D eigenvalue weighted by Crippen LogP contribution is -2.39. The summed E-state index contributed by atoms with van der Waals surface area (Å²) in [6.07, 6.45) is 1.82. The van der Waals surface area contributed by atoms with Crippen LogP contribution in [0.3, 0.4) is 0 Å². The summed E-state index contributed by atoms with van der Waals surface area (Å²) in [5.74, 6) is -1.37. The second kappa shape index (κ2) is 5.74. The SMILES string of the molecule is CC(C(=O)N(CC(=O)O)C1CC1)c1ccc(Br)cc1. The minimum Gasteiger partial charge on any atom is -0.480 e. The first-order valence-corrected chi connectivity index (χ1v) is 7.06. The normalized spacial score (nSPS) is 15.9. The highest BCUT2D eigenvalue weighted by Crippen LogP contribution is 2.30. The molecule has 4 nitrogen and oxygen atoms in total. The van der Waals surface area contributed by atoms with Crippen molar-refractivity contribution in [3.63, 3.8) is 0 Å². The largest absolute Gasteiger partial charge is 0.480 e. The topological polar surface area (TPSA) is 57.6 Å². The smallest absolute Gasteiger partial charge is 0.323 e. The number of amides is 1. The predicted molar refractivity (Wildman–Crippen MR) is 74.9 cm³/mol. The summed E-state index contributed by atoms with van der Waals surface area (Å²) < 4.78 is 0.959. The van der Waals surface area contributed by atoms with Crippen LogP contribution in [0, 0.1) is 0 Å². The van der Waals surface area contributed by atoms with Crippen LogP contribution in [0.25, 0.3) is 0 Å². The number of carboxylic acid groups (broad SMARTS) is 1. The first kappa shape index (κ1) is 14.1. The molecule has 5 heteroatoms. The first-order chi connectivity index (χ1) is 8.99. The molecule has 1 unspecified atom stereocenters. The van der Waals surface area contributed by atoms with Crippen molar-refractivity contribution < 1.29 is 14.7 Å². The maximum atomic E-state index is 12.4. The number of halogens is 1. The number of carboxylic acids is 1. The van der Waals surface area contributed by atoms with Crippen LogP contribution in [-0.4, -0.2) is 34.5 Å². The molecule has 0 spiro atoms. The van der Waals surface area contributed by atoms with E-state index in [-0.39, 0.29) is 24.4 Å². The molecule has 0 aromatic heterocycles. The Kier molecular flexibility index (Phi) is 4.24. The zero-order chi connectivity index (χ0) is 14.0. The highest BCUT2D eigenvalue weighted by molar-refractivity contribution is 9.10. The van der Waals surface area contributed by atoms with Crippen molar-refractivity contribution in [1.82, 2.24) is 4.90 Å². The van der Waals surface area contributed by atoms with Gasteiger partial charge >= 0.3 is 5.97 Å². The molecule has 2 rings (SSSR count). The van der Waals surface area contributed by atoms with Gasteiger partial charge in [0.25, 0.3) is 0 Å². The molecule has 0 saturated heterocycles. The lowest BCUT2D eigenvalue weighted by molar-refractivity contribution is -0.145. The molecular formula is C14H16BrNO3. The molecule has 1 aliphatic carbocycles. The molecular weight excluding hydrogens is 310 g/mol. The fourth-order valence-corrected chi connectivity index (χ4v) is 2.33. The van der Waals surface area contributed by atoms with Crippen LogP contribution < -0.4 is 0 Å². The third-order valence-corrected chi connectivity index (χ3v) is 3.85. The molecule has 19 heavy (non-hydrogen) atoms. The summed E-state index contributed by atoms with van der Waals surface area (Å²) in [6.45, 7) is 1.62. The van der Waals surface area contributed by atoms with E-state index in [9.17, 15) is 9.59 Å². The van der Waals surface area contributed by atoms with E-state index in [0.717, 1.165) is 22.9 Å². The van der Waals surface area contributed by atoms with Crippen LogP contribution in [-0.2, 0) is 9.59 Å². The Morgan fingerprint density at radius 3 is 2.42 bits per heavy atom. The van der Waals surface area contributed by atoms with Crippen LogP contribution in [0.1, 0.15) is 31.2 Å². The standard InChI is InChI=1S/C14H16BrNO3/c1-9(10-2-4-11(15)5-3-10)14(19)16(8-13(17)18)12-6-7-12/h2-5,9,12H,6-8H2,1H3,(H,17,18). The Morgan fingerprint density at radius 1 is 1.37 bits per heavy atom. The highest BCUT2D eigenvalue weighted by Gasteiger charge is 2.35. The first-order valence-electron chi connectivity index (χ1n) is 6.26. The average Bonchev–Trinajstić information content (AvgIpc) is 3.19. The molecule has 0 radical (unpaired) electrons. The number of benzene rings is 1. The fraction of sp³-hybridized carbons (Fsp3) is 0.429. The molecule has 1 aliphatic rings. The average molecular weight is 326 g/mol. The Labute approximate surface area is 120 Å². The Hall–Kier alpha value is -1.36. The highest BCUT2D eigenvalue weighted by atomic mass is 79.9. The van der Waals surface area contributed by atoms with Crippen molar-refractivity contribution in [1.29, 1.82) is 0 Å². The van der Waals surface area contributed by atoms with Crippen molar-refractivity contribution in [3.05, 3.63) is 34.3 Å². The third-order valence-electron chi connectivity index (χ3n) is 3.32. The van der Waals surface area contributed by atoms with Crippen LogP contribution in [0.2, 0.25) is 0 Å². The van der Waals surface area contributed by atoms with Crippen molar-refractivity contribution >= 4 is 27.8 Å². The summed E-state index contributed by atoms with van der Waals surface area (Å²) in [7, 11) is 0. The summed E-state index contributed by atoms with van der Waals surface area (Å²) in [6, 6.07) is 7.66. The van der Waals surface area contributed by atoms with E-state index in [1.807, 2.05) is 31.2 Å². The van der Waals surface area contributed by atoms with E-state index in [1.54, 1.807) is 0 Å². The zero-order valence-corrected chi connectivity index (χ0v) is 12.3. The molecule has 1 saturated carbocycles. The lowest BCUT2D eigenvalue weighted by Gasteiger charge is -2.24. The summed E-state index contributed by atoms with van der Waals surface area (Å²) in [5, 5.41) is 8.90. The van der Waals surface area contributed by atoms with Gasteiger partial charge in [-0.2, -0.15) is 0 Å². The number of carbonyl (C=O) groups excluding carboxylic acids is 1. The number of hydrogen-bond acceptors (Lipinski definition) is 2. The van der Waals surface area contributed by atoms with Gasteiger partial charge in [-0.3, -0.25) is 9.59 Å². The van der Waals surface area contributed by atoms with Crippen LogP contribution >= 0.6 is 15.9 Å². The monoisotopic (exact) mass is 325 g/mol. The van der Waals surface area contributed by atoms with Gasteiger partial charge < -0.3 is 10.0 Å². The van der Waals surface area contributed by atoms with Gasteiger partial charge in [0, 0.05) is 10.5 Å². The van der Waals surface area contributed by atoms with Gasteiger partial charge in [0.05, 0.1) is 5.92 Å². The van der Waals surface area contributed by atoms with Gasteiger partial charge in [-0.25, -0.2) is 0 Å². The van der Waals surface area contributed by atoms with Crippen molar-refractivity contribution in [2.75, 3.05) is 6.54 Å². The second-order valence-electron chi connectivity index (χ2n) is 4.86. The van der Waals surface area contributed by atoms with Crippen LogP contribution in [0.15, 0.2) is 28.7 Å². The molecule has 1 N–H and O–H groups in total. The van der Waals surface area contributed by atoms with Gasteiger partial charge in [0.2, 0.25) is 5.91 Å². The van der Waals surface area contributed by atoms with Crippen LogP contribution in [0.5, 0.6) is 0 Å². The van der Waals surface area contributed by atoms with E-state index in [4.69, 9.17) is 5.11 Å². The Morgan fingerprint density at radius 2 is 1.95 bits per heavy atom. The molecule has 1 aromatic rings. The quantitative estimate of drug-likeness (QED) is 0.905. The van der Waals surface area contributed by atoms with Gasteiger partial charge in [-0.05, 0) is 37.5 Å². The van der Waals surface area contributed by atoms with E-state index in [1.165, 1.54) is 4.90 Å². The summed E-state index contributed by atoms with van der Waals surface area (Å²) in [5.41, 5.74) is 0.907. The van der Waals surface area contributed by atoms with E-state index in [2.05, 4.69) is 15.9 Å². The van der Waals surface area contributed by atoms with E-state index < -0.39 is 5.97 Å². The second-order valence-corrected chi connectivity index (χ2v) is 5.78. The Bertz CT molecular complexity index is 482. The minimum atomic E-state index is -0.955.